The van der Waals surface area contributed by atoms with Crippen LogP contribution in [0.15, 0.2) is 42.6 Å². The molecule has 4 heteroatoms. The third-order valence-corrected chi connectivity index (χ3v) is 5.83. The summed E-state index contributed by atoms with van der Waals surface area (Å²) >= 11 is 0. The summed E-state index contributed by atoms with van der Waals surface area (Å²) in [7, 11) is -0.350. The fourth-order valence-electron chi connectivity index (χ4n) is 4.50. The summed E-state index contributed by atoms with van der Waals surface area (Å²) in [5.41, 5.74) is 6.53. The molecule has 128 valence electrons. The highest BCUT2D eigenvalue weighted by Crippen LogP contribution is 2.43. The van der Waals surface area contributed by atoms with Gasteiger partial charge in [0, 0.05) is 12.1 Å². The normalized spacial score (nSPS) is 21.1. The van der Waals surface area contributed by atoms with Crippen LogP contribution in [0.25, 0.3) is 11.6 Å². The van der Waals surface area contributed by atoms with Crippen LogP contribution < -0.4 is 0 Å². The molecule has 4 rings (SSSR count). The quantitative estimate of drug-likeness (QED) is 0.847. The van der Waals surface area contributed by atoms with E-state index >= 15 is 0 Å². The van der Waals surface area contributed by atoms with Gasteiger partial charge in [0.25, 0.3) is 0 Å². The van der Waals surface area contributed by atoms with Crippen LogP contribution >= 0.6 is 0 Å². The summed E-state index contributed by atoms with van der Waals surface area (Å²) in [4.78, 5) is 6.98. The Bertz CT molecular complexity index is 794. The molecule has 1 unspecified atom stereocenters. The highest BCUT2D eigenvalue weighted by atomic mass is 16.2. The van der Waals surface area contributed by atoms with E-state index in [1.807, 2.05) is 19.1 Å². The highest BCUT2D eigenvalue weighted by molar-refractivity contribution is 6.45. The molecule has 1 aromatic heterocycles. The number of piperidine rings is 1. The summed E-state index contributed by atoms with van der Waals surface area (Å²) in [5, 5.41) is 9.87. The first kappa shape index (κ1) is 16.6. The van der Waals surface area contributed by atoms with Gasteiger partial charge in [-0.05, 0) is 80.0 Å². The van der Waals surface area contributed by atoms with Crippen molar-refractivity contribution in [2.75, 3.05) is 13.1 Å². The Morgan fingerprint density at radius 3 is 2.64 bits per heavy atom. The molecule has 2 aliphatic rings. The van der Waals surface area contributed by atoms with E-state index in [0.29, 0.717) is 11.8 Å². The molecule has 3 nitrogen and oxygen atoms in total. The topological polar surface area (TPSA) is 36.4 Å². The van der Waals surface area contributed by atoms with E-state index < -0.39 is 0 Å². The lowest BCUT2D eigenvalue weighted by molar-refractivity contribution is 0.235. The van der Waals surface area contributed by atoms with Gasteiger partial charge in [-0.3, -0.25) is 4.98 Å². The first-order valence-corrected chi connectivity index (χ1v) is 9.30. The van der Waals surface area contributed by atoms with Gasteiger partial charge in [0.05, 0.1) is 5.69 Å². The van der Waals surface area contributed by atoms with E-state index in [1.165, 1.54) is 28.0 Å². The van der Waals surface area contributed by atoms with Crippen molar-refractivity contribution in [2.45, 2.75) is 32.5 Å². The molecular weight excluding hydrogens is 307 g/mol. The summed E-state index contributed by atoms with van der Waals surface area (Å²) in [5.74, 6) is 0.890. The predicted octanol–water partition coefficient (Wildman–Crippen LogP) is 3.91. The largest absolute Gasteiger partial charge is 0.437 e. The fourth-order valence-corrected chi connectivity index (χ4v) is 4.50. The minimum Gasteiger partial charge on any atom is -0.437 e. The Labute approximate surface area is 150 Å². The predicted molar refractivity (Wildman–Crippen MR) is 104 cm³/mol. The van der Waals surface area contributed by atoms with Crippen LogP contribution in [-0.2, 0) is 0 Å². The summed E-state index contributed by atoms with van der Waals surface area (Å²) in [6.07, 6.45) is 6.40. The number of rotatable bonds is 2. The lowest BCUT2D eigenvalue weighted by atomic mass is 9.73. The molecule has 1 saturated heterocycles. The second-order valence-corrected chi connectivity index (χ2v) is 7.38. The maximum atomic E-state index is 9.87. The summed E-state index contributed by atoms with van der Waals surface area (Å²) < 4.78 is 0. The zero-order valence-corrected chi connectivity index (χ0v) is 15.0. The zero-order valence-electron chi connectivity index (χ0n) is 15.0. The average Bonchev–Trinajstić information content (AvgIpc) is 2.76. The Hall–Kier alpha value is -1.91. The molecule has 0 amide bonds. The molecule has 0 radical (unpaired) electrons. The monoisotopic (exact) mass is 332 g/mol. The van der Waals surface area contributed by atoms with Crippen molar-refractivity contribution in [3.05, 3.63) is 65.0 Å². The minimum atomic E-state index is -0.350. The Balaban J connectivity index is 1.77. The van der Waals surface area contributed by atoms with Crippen molar-refractivity contribution < 1.29 is 5.02 Å². The number of allylic oxidation sites excluding steroid dienone is 1. The van der Waals surface area contributed by atoms with Crippen LogP contribution in [0.3, 0.4) is 0 Å². The van der Waals surface area contributed by atoms with Crippen LogP contribution in [0.4, 0.5) is 0 Å². The molecule has 2 aromatic rings. The zero-order chi connectivity index (χ0) is 17.4. The summed E-state index contributed by atoms with van der Waals surface area (Å²) in [6.45, 7) is 5.98. The first-order valence-electron chi connectivity index (χ1n) is 9.30. The maximum Gasteiger partial charge on any atom is 0.376 e. The van der Waals surface area contributed by atoms with E-state index in [-0.39, 0.29) is 7.05 Å². The number of nitrogens with zero attached hydrogens (tertiary/aromatic N) is 2. The van der Waals surface area contributed by atoms with E-state index in [0.717, 1.165) is 25.9 Å². The highest BCUT2D eigenvalue weighted by Gasteiger charge is 2.34. The van der Waals surface area contributed by atoms with Crippen LogP contribution in [0.5, 0.6) is 0 Å². The molecule has 25 heavy (non-hydrogen) atoms. The molecule has 0 bridgehead atoms. The van der Waals surface area contributed by atoms with Crippen LogP contribution in [0.1, 0.15) is 48.1 Å². The lowest BCUT2D eigenvalue weighted by Crippen LogP contribution is -2.44. The van der Waals surface area contributed by atoms with Gasteiger partial charge in [-0.2, -0.15) is 0 Å². The van der Waals surface area contributed by atoms with Gasteiger partial charge in [0.1, 0.15) is 0 Å². The molecule has 1 aliphatic heterocycles. The SMILES string of the molecule is CB(O)N1CCC(C2c3ccccc3C(C)=Cc3cccnc32)CC1. The maximum absolute atomic E-state index is 9.87. The lowest BCUT2D eigenvalue weighted by Gasteiger charge is -2.37. The molecule has 1 aromatic carbocycles. The molecule has 2 heterocycles. The van der Waals surface area contributed by atoms with Crippen molar-refractivity contribution in [1.29, 1.82) is 0 Å². The third kappa shape index (κ3) is 3.05. The van der Waals surface area contributed by atoms with Gasteiger partial charge in [-0.15, -0.1) is 0 Å². The van der Waals surface area contributed by atoms with Crippen molar-refractivity contribution in [3.8, 4) is 0 Å². The Morgan fingerprint density at radius 1 is 1.12 bits per heavy atom. The van der Waals surface area contributed by atoms with E-state index in [1.54, 1.807) is 0 Å². The number of hydrogen-bond acceptors (Lipinski definition) is 3. The molecule has 1 fully saturated rings. The molecule has 1 atom stereocenters. The van der Waals surface area contributed by atoms with Crippen molar-refractivity contribution in [2.24, 2.45) is 5.92 Å². The third-order valence-electron chi connectivity index (χ3n) is 5.83. The second kappa shape index (κ2) is 6.78. The molecule has 1 aliphatic carbocycles. The van der Waals surface area contributed by atoms with Gasteiger partial charge in [0.2, 0.25) is 0 Å². The standard InChI is InChI=1S/C21H25BN2O/c1-15-14-17-6-5-11-23-21(17)20(19-8-4-3-7-18(15)19)16-9-12-24(13-10-16)22(2)25/h3-8,11,14,16,20,25H,9-10,12-13H2,1-2H3. The minimum absolute atomic E-state index is 0.331. The van der Waals surface area contributed by atoms with Gasteiger partial charge in [-0.1, -0.05) is 30.3 Å². The fraction of sp³-hybridized carbons (Fsp3) is 0.381. The Kier molecular flexibility index (Phi) is 4.49. The van der Waals surface area contributed by atoms with Crippen molar-refractivity contribution >= 4 is 18.7 Å². The molecule has 0 spiro atoms. The first-order chi connectivity index (χ1) is 12.1. The van der Waals surface area contributed by atoms with Gasteiger partial charge in [-0.25, -0.2) is 0 Å². The average molecular weight is 332 g/mol. The van der Waals surface area contributed by atoms with E-state index in [9.17, 15) is 5.02 Å². The van der Waals surface area contributed by atoms with Crippen LogP contribution in [0.2, 0.25) is 6.82 Å². The number of benzene rings is 1. The number of fused-ring (bicyclic) bond motifs is 2. The Morgan fingerprint density at radius 2 is 1.88 bits per heavy atom. The molecular formula is C21H25BN2O. The van der Waals surface area contributed by atoms with Crippen LogP contribution in [-0.4, -0.2) is 35.0 Å². The second-order valence-electron chi connectivity index (χ2n) is 7.38. The van der Waals surface area contributed by atoms with Crippen molar-refractivity contribution in [1.82, 2.24) is 9.79 Å². The van der Waals surface area contributed by atoms with Gasteiger partial charge >= 0.3 is 7.05 Å². The van der Waals surface area contributed by atoms with Gasteiger partial charge < -0.3 is 9.83 Å². The van der Waals surface area contributed by atoms with E-state index in [2.05, 4.69) is 48.1 Å². The van der Waals surface area contributed by atoms with Crippen molar-refractivity contribution in [3.63, 3.8) is 0 Å². The van der Waals surface area contributed by atoms with Gasteiger partial charge in [0.15, 0.2) is 0 Å². The smallest absolute Gasteiger partial charge is 0.376 e. The van der Waals surface area contributed by atoms with E-state index in [4.69, 9.17) is 4.98 Å². The molecule has 0 saturated carbocycles. The van der Waals surface area contributed by atoms with Crippen LogP contribution in [0, 0.1) is 5.92 Å². The summed E-state index contributed by atoms with van der Waals surface area (Å²) in [6, 6.07) is 13.0. The number of aromatic nitrogens is 1. The number of hydrogen-bond donors (Lipinski definition) is 1. The molecule has 1 N–H and O–H groups in total. The number of pyridine rings is 1.